The highest BCUT2D eigenvalue weighted by atomic mass is 35.5. The molecule has 2 aromatic carbocycles. The van der Waals surface area contributed by atoms with Crippen molar-refractivity contribution in [1.29, 1.82) is 0 Å². The van der Waals surface area contributed by atoms with E-state index in [1.807, 2.05) is 0 Å². The van der Waals surface area contributed by atoms with Crippen LogP contribution >= 0.6 is 11.6 Å². The highest BCUT2D eigenvalue weighted by Crippen LogP contribution is 2.27. The molecule has 2 N–H and O–H groups in total. The van der Waals surface area contributed by atoms with Crippen molar-refractivity contribution in [3.63, 3.8) is 0 Å². The minimum Gasteiger partial charge on any atom is -0.504 e. The highest BCUT2D eigenvalue weighted by Gasteiger charge is 2.12. The van der Waals surface area contributed by atoms with Gasteiger partial charge in [-0.2, -0.15) is 13.5 Å². The molecule has 0 fully saturated rings. The molecule has 6 nitrogen and oxygen atoms in total. The number of hydrogen-bond acceptors (Lipinski definition) is 5. The summed E-state index contributed by atoms with van der Waals surface area (Å²) in [5.41, 5.74) is 0.318. The summed E-state index contributed by atoms with van der Waals surface area (Å²) >= 11 is 5.71. The summed E-state index contributed by atoms with van der Waals surface area (Å²) in [6.07, 6.45) is 1.19. The fourth-order valence-electron chi connectivity index (χ4n) is 1.64. The van der Waals surface area contributed by atoms with Crippen molar-refractivity contribution in [2.45, 2.75) is 4.90 Å². The van der Waals surface area contributed by atoms with Gasteiger partial charge in [-0.1, -0.05) is 17.7 Å². The summed E-state index contributed by atoms with van der Waals surface area (Å²) in [6.45, 7) is 0. The predicted molar refractivity (Wildman–Crippen MR) is 84.0 cm³/mol. The number of sulfonamides is 1. The fourth-order valence-corrected chi connectivity index (χ4v) is 2.56. The number of phenolic OH excluding ortho intramolecular Hbond substituents is 1. The van der Waals surface area contributed by atoms with Gasteiger partial charge in [0.05, 0.1) is 18.2 Å². The second kappa shape index (κ2) is 6.67. The number of para-hydroxylation sites is 1. The maximum atomic E-state index is 12.0. The number of nitrogens with one attached hydrogen (secondary N) is 1. The zero-order valence-corrected chi connectivity index (χ0v) is 13.1. The van der Waals surface area contributed by atoms with E-state index in [0.717, 1.165) is 0 Å². The maximum absolute atomic E-state index is 12.0. The molecule has 22 heavy (non-hydrogen) atoms. The Kier molecular flexibility index (Phi) is 4.89. The normalized spacial score (nSPS) is 11.5. The maximum Gasteiger partial charge on any atom is 0.276 e. The molecule has 0 atom stereocenters. The molecule has 8 heteroatoms. The first kappa shape index (κ1) is 16.1. The zero-order chi connectivity index (χ0) is 16.2. The average molecular weight is 341 g/mol. The van der Waals surface area contributed by atoms with Gasteiger partial charge >= 0.3 is 0 Å². The van der Waals surface area contributed by atoms with Gasteiger partial charge in [0, 0.05) is 10.6 Å². The van der Waals surface area contributed by atoms with E-state index in [0.29, 0.717) is 10.6 Å². The summed E-state index contributed by atoms with van der Waals surface area (Å²) in [5.74, 6) is 0.143. The molecule has 0 aliphatic heterocycles. The molecule has 0 bridgehead atoms. The van der Waals surface area contributed by atoms with Gasteiger partial charge in [-0.15, -0.1) is 0 Å². The van der Waals surface area contributed by atoms with Gasteiger partial charge in [0.2, 0.25) is 0 Å². The molecule has 0 saturated carbocycles. The van der Waals surface area contributed by atoms with Crippen LogP contribution in [0.1, 0.15) is 5.56 Å². The number of hydrazone groups is 1. The first-order chi connectivity index (χ1) is 10.4. The standard InChI is InChI=1S/C14H13ClN2O4S/c1-21-13-4-2-3-10(14(13)18)9-16-17-22(19,20)12-7-5-11(15)6-8-12/h2-9,17-18H,1H3/b16-9+. The molecule has 2 aromatic rings. The van der Waals surface area contributed by atoms with Crippen molar-refractivity contribution in [2.75, 3.05) is 7.11 Å². The van der Waals surface area contributed by atoms with E-state index in [1.165, 1.54) is 37.6 Å². The van der Waals surface area contributed by atoms with E-state index < -0.39 is 10.0 Å². The highest BCUT2D eigenvalue weighted by molar-refractivity contribution is 7.89. The molecule has 0 spiro atoms. The topological polar surface area (TPSA) is 88.0 Å². The summed E-state index contributed by atoms with van der Waals surface area (Å²) < 4.78 is 28.9. The summed E-state index contributed by atoms with van der Waals surface area (Å²) in [5, 5.41) is 13.9. The third-order valence-corrected chi connectivity index (χ3v) is 4.24. The van der Waals surface area contributed by atoms with Crippen LogP contribution in [0.4, 0.5) is 0 Å². The second-order valence-electron chi connectivity index (χ2n) is 4.20. The first-order valence-electron chi connectivity index (χ1n) is 6.10. The second-order valence-corrected chi connectivity index (χ2v) is 6.30. The molecule has 2 rings (SSSR count). The summed E-state index contributed by atoms with van der Waals surface area (Å²) in [6, 6.07) is 10.4. The van der Waals surface area contributed by atoms with Crippen LogP contribution in [0.3, 0.4) is 0 Å². The Morgan fingerprint density at radius 1 is 1.23 bits per heavy atom. The van der Waals surface area contributed by atoms with Crippen LogP contribution in [0.25, 0.3) is 0 Å². The predicted octanol–water partition coefficient (Wildman–Crippen LogP) is 2.37. The van der Waals surface area contributed by atoms with Gasteiger partial charge in [0.1, 0.15) is 0 Å². The van der Waals surface area contributed by atoms with Gasteiger partial charge in [0.15, 0.2) is 11.5 Å². The lowest BCUT2D eigenvalue weighted by atomic mass is 10.2. The monoisotopic (exact) mass is 340 g/mol. The molecule has 0 aliphatic rings. The van der Waals surface area contributed by atoms with Crippen LogP contribution in [0.2, 0.25) is 5.02 Å². The number of rotatable bonds is 5. The molecule has 0 unspecified atom stereocenters. The molecule has 116 valence electrons. The number of phenols is 1. The zero-order valence-electron chi connectivity index (χ0n) is 11.5. The number of aromatic hydroxyl groups is 1. The minimum absolute atomic E-state index is 0.0314. The van der Waals surface area contributed by atoms with Crippen molar-refractivity contribution >= 4 is 27.8 Å². The van der Waals surface area contributed by atoms with Crippen molar-refractivity contribution in [1.82, 2.24) is 4.83 Å². The van der Waals surface area contributed by atoms with E-state index in [1.54, 1.807) is 18.2 Å². The Morgan fingerprint density at radius 2 is 1.91 bits per heavy atom. The van der Waals surface area contributed by atoms with Gasteiger partial charge in [-0.3, -0.25) is 0 Å². The summed E-state index contributed by atoms with van der Waals surface area (Å²) in [7, 11) is -2.38. The van der Waals surface area contributed by atoms with Crippen molar-refractivity contribution < 1.29 is 18.3 Å². The van der Waals surface area contributed by atoms with Crippen molar-refractivity contribution in [3.8, 4) is 11.5 Å². The molecule has 0 amide bonds. The largest absolute Gasteiger partial charge is 0.504 e. The Hall–Kier alpha value is -2.25. The van der Waals surface area contributed by atoms with Crippen LogP contribution in [0.5, 0.6) is 11.5 Å². The molecule has 0 radical (unpaired) electrons. The van der Waals surface area contributed by atoms with Crippen LogP contribution in [-0.2, 0) is 10.0 Å². The number of halogens is 1. The number of methoxy groups -OCH3 is 1. The minimum atomic E-state index is -3.80. The molecule has 0 heterocycles. The number of nitrogens with zero attached hydrogens (tertiary/aromatic N) is 1. The third-order valence-electron chi connectivity index (χ3n) is 2.75. The number of benzene rings is 2. The molecular formula is C14H13ClN2O4S. The van der Waals surface area contributed by atoms with Gasteiger partial charge in [-0.25, -0.2) is 4.83 Å². The average Bonchev–Trinajstić information content (AvgIpc) is 2.49. The van der Waals surface area contributed by atoms with E-state index >= 15 is 0 Å². The lowest BCUT2D eigenvalue weighted by Gasteiger charge is -2.05. The van der Waals surface area contributed by atoms with E-state index in [9.17, 15) is 13.5 Å². The van der Waals surface area contributed by atoms with E-state index in [4.69, 9.17) is 16.3 Å². The van der Waals surface area contributed by atoms with Gasteiger partial charge < -0.3 is 9.84 Å². The third kappa shape index (κ3) is 3.69. The lowest BCUT2D eigenvalue weighted by molar-refractivity contribution is 0.373. The van der Waals surface area contributed by atoms with Crippen molar-refractivity contribution in [3.05, 3.63) is 53.1 Å². The number of hydrogen-bond donors (Lipinski definition) is 2. The Labute approximate surface area is 133 Å². The van der Waals surface area contributed by atoms with Crippen LogP contribution in [-0.4, -0.2) is 26.8 Å². The van der Waals surface area contributed by atoms with Gasteiger partial charge in [-0.05, 0) is 36.4 Å². The fraction of sp³-hybridized carbons (Fsp3) is 0.0714. The van der Waals surface area contributed by atoms with Crippen LogP contribution < -0.4 is 9.57 Å². The Morgan fingerprint density at radius 3 is 2.55 bits per heavy atom. The molecule has 0 aliphatic carbocycles. The first-order valence-corrected chi connectivity index (χ1v) is 7.96. The number of ether oxygens (including phenoxy) is 1. The van der Waals surface area contributed by atoms with Crippen molar-refractivity contribution in [2.24, 2.45) is 5.10 Å². The van der Waals surface area contributed by atoms with Crippen LogP contribution in [0, 0.1) is 0 Å². The smallest absolute Gasteiger partial charge is 0.276 e. The van der Waals surface area contributed by atoms with Gasteiger partial charge in [0.25, 0.3) is 10.0 Å². The Bertz CT molecular complexity index is 789. The summed E-state index contributed by atoms with van der Waals surface area (Å²) in [4.78, 5) is 2.09. The molecule has 0 saturated heterocycles. The lowest BCUT2D eigenvalue weighted by Crippen LogP contribution is -2.18. The van der Waals surface area contributed by atoms with E-state index in [2.05, 4.69) is 9.93 Å². The quantitative estimate of drug-likeness (QED) is 0.646. The SMILES string of the molecule is COc1cccc(/C=N/NS(=O)(=O)c2ccc(Cl)cc2)c1O. The Balaban J connectivity index is 2.17. The van der Waals surface area contributed by atoms with Crippen LogP contribution in [0.15, 0.2) is 52.5 Å². The molecule has 0 aromatic heterocycles. The van der Waals surface area contributed by atoms with E-state index in [-0.39, 0.29) is 16.4 Å². The molecular weight excluding hydrogens is 328 g/mol.